The molecule has 0 spiro atoms. The molecule has 0 saturated heterocycles. The minimum Gasteiger partial charge on any atom is -0.744 e. The van der Waals surface area contributed by atoms with Crippen molar-refractivity contribution in [1.29, 1.82) is 0 Å². The van der Waals surface area contributed by atoms with Gasteiger partial charge < -0.3 is 13.3 Å². The fourth-order valence-corrected chi connectivity index (χ4v) is 4.45. The van der Waals surface area contributed by atoms with Crippen molar-refractivity contribution in [3.63, 3.8) is 0 Å². The first kappa shape index (κ1) is 21.5. The van der Waals surface area contributed by atoms with Gasteiger partial charge in [-0.05, 0) is 30.3 Å². The number of benzene rings is 2. The Balaban J connectivity index is 2.54. The molecule has 0 bridgehead atoms. The van der Waals surface area contributed by atoms with Gasteiger partial charge in [-0.15, -0.1) is 0 Å². The molecule has 2 aromatic carbocycles. The van der Waals surface area contributed by atoms with Crippen molar-refractivity contribution in [2.24, 2.45) is 0 Å². The smallest absolute Gasteiger partial charge is 0.262 e. The zero-order valence-corrected chi connectivity index (χ0v) is 16.6. The van der Waals surface area contributed by atoms with E-state index in [0.717, 1.165) is 18.1 Å². The summed E-state index contributed by atoms with van der Waals surface area (Å²) >= 11 is 0.969. The van der Waals surface area contributed by atoms with Gasteiger partial charge >= 0.3 is 0 Å². The van der Waals surface area contributed by atoms with E-state index in [1.54, 1.807) is 6.26 Å². The second-order valence-electron chi connectivity index (χ2n) is 4.93. The predicted molar refractivity (Wildman–Crippen MR) is 93.8 cm³/mol. The molecule has 0 unspecified atom stereocenters. The average molecular weight is 453 g/mol. The Morgan fingerprint density at radius 2 is 1.41 bits per heavy atom. The van der Waals surface area contributed by atoms with Crippen LogP contribution >= 0.6 is 12.0 Å². The molecule has 148 valence electrons. The van der Waals surface area contributed by atoms with E-state index in [2.05, 4.69) is 0 Å². The standard InChI is InChI=1S/C13H13NO9S4/c1-24-23-10-3-2-4-11(7-10)25(15,16)14-9-5-12(26(17,18)19)8-13(6-9)27(20,21)22/h2-8,14H,1H3,(H,17,18,19)(H,20,21,22)/p-2. The van der Waals surface area contributed by atoms with Gasteiger partial charge in [-0.2, -0.15) is 0 Å². The molecule has 0 radical (unpaired) electrons. The maximum absolute atomic E-state index is 12.5. The summed E-state index contributed by atoms with van der Waals surface area (Å²) < 4.78 is 98.9. The second-order valence-corrected chi connectivity index (χ2v) is 9.87. The van der Waals surface area contributed by atoms with Crippen LogP contribution in [0.5, 0.6) is 5.75 Å². The van der Waals surface area contributed by atoms with Crippen LogP contribution in [0.1, 0.15) is 0 Å². The van der Waals surface area contributed by atoms with E-state index in [1.165, 1.54) is 18.2 Å². The molecule has 2 aromatic rings. The summed E-state index contributed by atoms with van der Waals surface area (Å²) in [6.07, 6.45) is 1.61. The lowest BCUT2D eigenvalue weighted by atomic mass is 10.3. The Hall–Kier alpha value is -1.84. The highest BCUT2D eigenvalue weighted by atomic mass is 32.2. The quantitative estimate of drug-likeness (QED) is 0.470. The fraction of sp³-hybridized carbons (Fsp3) is 0.0769. The normalized spacial score (nSPS) is 12.6. The van der Waals surface area contributed by atoms with Crippen LogP contribution in [0.3, 0.4) is 0 Å². The first-order valence-corrected chi connectivity index (χ1v) is 12.2. The Morgan fingerprint density at radius 1 is 0.852 bits per heavy atom. The molecule has 0 amide bonds. The lowest BCUT2D eigenvalue weighted by Gasteiger charge is -2.15. The molecule has 14 heteroatoms. The molecule has 0 fully saturated rings. The molecule has 10 nitrogen and oxygen atoms in total. The molecule has 27 heavy (non-hydrogen) atoms. The number of hydrogen-bond acceptors (Lipinski definition) is 10. The summed E-state index contributed by atoms with van der Waals surface area (Å²) in [5, 5.41) is 0. The van der Waals surface area contributed by atoms with Gasteiger partial charge in [0.2, 0.25) is 0 Å². The van der Waals surface area contributed by atoms with Gasteiger partial charge in [-0.25, -0.2) is 25.3 Å². The van der Waals surface area contributed by atoms with Crippen molar-refractivity contribution in [1.82, 2.24) is 0 Å². The lowest BCUT2D eigenvalue weighted by Crippen LogP contribution is -2.14. The van der Waals surface area contributed by atoms with Crippen molar-refractivity contribution in [2.75, 3.05) is 11.0 Å². The highest BCUT2D eigenvalue weighted by molar-refractivity contribution is 7.94. The molecular formula is C13H11NO9S4-2. The van der Waals surface area contributed by atoms with Gasteiger partial charge in [0.05, 0.1) is 32.4 Å². The molecule has 0 atom stereocenters. The largest absolute Gasteiger partial charge is 0.744 e. The fourth-order valence-electron chi connectivity index (χ4n) is 1.92. The summed E-state index contributed by atoms with van der Waals surface area (Å²) in [5.41, 5.74) is -0.586. The maximum atomic E-state index is 12.5. The number of nitrogens with one attached hydrogen (secondary N) is 1. The molecule has 0 aliphatic carbocycles. The van der Waals surface area contributed by atoms with Crippen LogP contribution in [0, 0.1) is 0 Å². The predicted octanol–water partition coefficient (Wildman–Crippen LogP) is 0.952. The number of rotatable bonds is 7. The van der Waals surface area contributed by atoms with Crippen molar-refractivity contribution in [3.8, 4) is 5.75 Å². The highest BCUT2D eigenvalue weighted by Gasteiger charge is 2.18. The zero-order chi connectivity index (χ0) is 20.5. The SMILES string of the molecule is CSOc1cccc(S(=O)(=O)Nc2cc(S(=O)(=O)[O-])cc(S(=O)(=O)[O-])c2)c1. The summed E-state index contributed by atoms with van der Waals surface area (Å²) in [5.74, 6) is 0.212. The van der Waals surface area contributed by atoms with E-state index < -0.39 is 45.7 Å². The maximum Gasteiger partial charge on any atom is 0.262 e. The van der Waals surface area contributed by atoms with Crippen LogP contribution in [0.2, 0.25) is 0 Å². The Kier molecular flexibility index (Phi) is 6.08. The molecule has 0 saturated carbocycles. The van der Waals surface area contributed by atoms with Crippen molar-refractivity contribution in [2.45, 2.75) is 14.7 Å². The average Bonchev–Trinajstić information content (AvgIpc) is 2.53. The molecule has 0 aliphatic heterocycles. The van der Waals surface area contributed by atoms with E-state index in [4.69, 9.17) is 4.18 Å². The summed E-state index contributed by atoms with van der Waals surface area (Å²) in [4.78, 5) is -2.43. The van der Waals surface area contributed by atoms with E-state index in [1.807, 2.05) is 4.72 Å². The van der Waals surface area contributed by atoms with Crippen molar-refractivity contribution in [3.05, 3.63) is 42.5 Å². The highest BCUT2D eigenvalue weighted by Crippen LogP contribution is 2.26. The van der Waals surface area contributed by atoms with Gasteiger partial charge in [0, 0.05) is 12.3 Å². The van der Waals surface area contributed by atoms with Gasteiger partial charge in [0.1, 0.15) is 26.0 Å². The Labute approximate surface area is 160 Å². The summed E-state index contributed by atoms with van der Waals surface area (Å²) in [6.45, 7) is 0. The van der Waals surface area contributed by atoms with Crippen LogP contribution in [0.4, 0.5) is 5.69 Å². The van der Waals surface area contributed by atoms with Crippen molar-refractivity contribution < 1.29 is 38.5 Å². The molecule has 2 rings (SSSR count). The molecular weight excluding hydrogens is 442 g/mol. The minimum absolute atomic E-state index is 0.212. The number of anilines is 1. The van der Waals surface area contributed by atoms with Crippen LogP contribution < -0.4 is 8.91 Å². The Bertz CT molecular complexity index is 1120. The van der Waals surface area contributed by atoms with Crippen LogP contribution in [0.25, 0.3) is 0 Å². The second kappa shape index (κ2) is 7.65. The Morgan fingerprint density at radius 3 is 1.89 bits per heavy atom. The van der Waals surface area contributed by atoms with Crippen LogP contribution in [0.15, 0.2) is 57.2 Å². The lowest BCUT2D eigenvalue weighted by molar-refractivity contribution is 0.461. The monoisotopic (exact) mass is 453 g/mol. The van der Waals surface area contributed by atoms with E-state index in [-0.39, 0.29) is 10.6 Å². The van der Waals surface area contributed by atoms with Crippen LogP contribution in [-0.4, -0.2) is 40.6 Å². The summed E-state index contributed by atoms with van der Waals surface area (Å²) in [7, 11) is -14.6. The first-order valence-electron chi connectivity index (χ1n) is 6.73. The molecule has 1 N–H and O–H groups in total. The topological polar surface area (TPSA) is 170 Å². The number of sulfonamides is 1. The third-order valence-corrected chi connectivity index (χ3v) is 6.37. The van der Waals surface area contributed by atoms with E-state index >= 15 is 0 Å². The van der Waals surface area contributed by atoms with E-state index in [0.29, 0.717) is 18.2 Å². The summed E-state index contributed by atoms with van der Waals surface area (Å²) in [6, 6.07) is 6.81. The minimum atomic E-state index is -5.15. The zero-order valence-electron chi connectivity index (χ0n) is 13.3. The van der Waals surface area contributed by atoms with E-state index in [9.17, 15) is 34.4 Å². The molecule has 0 aromatic heterocycles. The van der Waals surface area contributed by atoms with Crippen molar-refractivity contribution >= 4 is 48.0 Å². The number of hydrogen-bond donors (Lipinski definition) is 1. The van der Waals surface area contributed by atoms with Gasteiger partial charge in [-0.1, -0.05) is 6.07 Å². The third-order valence-electron chi connectivity index (χ3n) is 3.00. The molecule has 0 aliphatic rings. The van der Waals surface area contributed by atoms with Crippen LogP contribution in [-0.2, 0) is 30.3 Å². The molecule has 0 heterocycles. The van der Waals surface area contributed by atoms with Gasteiger partial charge in [0.15, 0.2) is 0 Å². The first-order chi connectivity index (χ1) is 12.3. The van der Waals surface area contributed by atoms with Gasteiger partial charge in [0.25, 0.3) is 10.0 Å². The third kappa shape index (κ3) is 5.57. The van der Waals surface area contributed by atoms with Gasteiger partial charge in [-0.3, -0.25) is 4.72 Å².